The van der Waals surface area contributed by atoms with Crippen LogP contribution < -0.4 is 4.90 Å². The van der Waals surface area contributed by atoms with Gasteiger partial charge in [0.05, 0.1) is 11.3 Å². The van der Waals surface area contributed by atoms with Gasteiger partial charge >= 0.3 is 12.3 Å². The van der Waals surface area contributed by atoms with Crippen molar-refractivity contribution in [1.29, 1.82) is 0 Å². The number of ether oxygens (including phenoxy) is 1. The molecule has 8 heteroatoms. The normalized spacial score (nSPS) is 16.6. The molecule has 0 aliphatic carbocycles. The van der Waals surface area contributed by atoms with Crippen molar-refractivity contribution in [3.8, 4) is 5.75 Å². The first kappa shape index (κ1) is 19.2. The van der Waals surface area contributed by atoms with Crippen LogP contribution in [0.4, 0.5) is 23.7 Å². The van der Waals surface area contributed by atoms with E-state index in [0.29, 0.717) is 38.3 Å². The van der Waals surface area contributed by atoms with E-state index in [1.165, 1.54) is 6.07 Å². The number of benzene rings is 1. The number of rotatable bonds is 1. The first-order chi connectivity index (χ1) is 11.5. The smallest absolute Gasteiger partial charge is 0.416 e. The molecular weight excluding hydrogens is 337 g/mol. The molecule has 0 aromatic heterocycles. The van der Waals surface area contributed by atoms with Gasteiger partial charge in [-0.3, -0.25) is 0 Å². The van der Waals surface area contributed by atoms with Crippen LogP contribution in [0.15, 0.2) is 18.2 Å². The molecule has 0 bridgehead atoms. The fourth-order valence-corrected chi connectivity index (χ4v) is 2.63. The van der Waals surface area contributed by atoms with E-state index >= 15 is 0 Å². The van der Waals surface area contributed by atoms with Crippen LogP contribution >= 0.6 is 0 Å². The molecule has 5 nitrogen and oxygen atoms in total. The fraction of sp³-hybridized carbons (Fsp3) is 0.588. The van der Waals surface area contributed by atoms with Crippen LogP contribution in [0.1, 0.15) is 32.8 Å². The van der Waals surface area contributed by atoms with Crippen LogP contribution in [-0.4, -0.2) is 47.9 Å². The van der Waals surface area contributed by atoms with E-state index < -0.39 is 29.2 Å². The average Bonchev–Trinajstić information content (AvgIpc) is 2.70. The molecule has 0 radical (unpaired) electrons. The number of halogens is 3. The van der Waals surface area contributed by atoms with Crippen molar-refractivity contribution in [3.05, 3.63) is 23.8 Å². The lowest BCUT2D eigenvalue weighted by Gasteiger charge is -2.27. The molecule has 0 atom stereocenters. The van der Waals surface area contributed by atoms with E-state index in [2.05, 4.69) is 0 Å². The molecular formula is C17H23F3N2O3. The highest BCUT2D eigenvalue weighted by molar-refractivity contribution is 5.68. The summed E-state index contributed by atoms with van der Waals surface area (Å²) >= 11 is 0. The average molecular weight is 360 g/mol. The Morgan fingerprint density at radius 1 is 1.12 bits per heavy atom. The van der Waals surface area contributed by atoms with Gasteiger partial charge in [-0.25, -0.2) is 4.79 Å². The Kier molecular flexibility index (Phi) is 5.39. The van der Waals surface area contributed by atoms with Gasteiger partial charge in [0, 0.05) is 26.2 Å². The number of aromatic hydroxyl groups is 1. The molecule has 25 heavy (non-hydrogen) atoms. The largest absolute Gasteiger partial charge is 0.506 e. The molecule has 140 valence electrons. The van der Waals surface area contributed by atoms with Crippen molar-refractivity contribution < 1.29 is 27.8 Å². The van der Waals surface area contributed by atoms with Crippen molar-refractivity contribution >= 4 is 11.8 Å². The molecule has 1 amide bonds. The summed E-state index contributed by atoms with van der Waals surface area (Å²) in [6.07, 6.45) is -4.28. The minimum atomic E-state index is -4.50. The summed E-state index contributed by atoms with van der Waals surface area (Å²) in [5.41, 5.74) is -1.15. The van der Waals surface area contributed by atoms with Crippen LogP contribution in [0, 0.1) is 0 Å². The molecule has 2 rings (SSSR count). The number of carbonyl (C=O) groups excluding carboxylic acids is 1. The van der Waals surface area contributed by atoms with E-state index in [1.54, 1.807) is 30.6 Å². The van der Waals surface area contributed by atoms with E-state index in [4.69, 9.17) is 4.74 Å². The minimum absolute atomic E-state index is 0.332. The summed E-state index contributed by atoms with van der Waals surface area (Å²) in [7, 11) is 0. The highest BCUT2D eigenvalue weighted by atomic mass is 19.4. The lowest BCUT2D eigenvalue weighted by atomic mass is 10.1. The maximum Gasteiger partial charge on any atom is 0.416 e. The van der Waals surface area contributed by atoms with Crippen LogP contribution in [0.5, 0.6) is 5.75 Å². The van der Waals surface area contributed by atoms with Crippen molar-refractivity contribution in [1.82, 2.24) is 4.90 Å². The molecule has 1 fully saturated rings. The van der Waals surface area contributed by atoms with Gasteiger partial charge in [0.15, 0.2) is 0 Å². The standard InChI is InChI=1S/C17H23F3N2O3/c1-16(2,3)25-15(24)22-8-4-7-21(9-10-22)13-6-5-12(11-14(13)23)17(18,19)20/h5-6,11,23H,4,7-10H2,1-3H3. The molecule has 1 aliphatic heterocycles. The summed E-state index contributed by atoms with van der Waals surface area (Å²) in [5, 5.41) is 9.98. The third kappa shape index (κ3) is 5.17. The fourth-order valence-electron chi connectivity index (χ4n) is 2.63. The number of alkyl halides is 3. The number of hydrogen-bond acceptors (Lipinski definition) is 4. The number of amides is 1. The summed E-state index contributed by atoms with van der Waals surface area (Å²) in [4.78, 5) is 15.5. The van der Waals surface area contributed by atoms with Gasteiger partial charge in [0.25, 0.3) is 0 Å². The number of nitrogens with zero attached hydrogens (tertiary/aromatic N) is 2. The topological polar surface area (TPSA) is 53.0 Å². The van der Waals surface area contributed by atoms with E-state index in [-0.39, 0.29) is 0 Å². The lowest BCUT2D eigenvalue weighted by molar-refractivity contribution is -0.137. The first-order valence-corrected chi connectivity index (χ1v) is 8.10. The molecule has 1 aliphatic rings. The number of phenolic OH excluding ortho intramolecular Hbond substituents is 1. The maximum absolute atomic E-state index is 12.7. The summed E-state index contributed by atoms with van der Waals surface area (Å²) < 4.78 is 43.4. The molecule has 0 saturated carbocycles. The minimum Gasteiger partial charge on any atom is -0.506 e. The Labute approximate surface area is 145 Å². The second-order valence-corrected chi connectivity index (χ2v) is 7.01. The molecule has 1 aromatic carbocycles. The zero-order chi connectivity index (χ0) is 18.8. The van der Waals surface area contributed by atoms with E-state index in [9.17, 15) is 23.1 Å². The summed E-state index contributed by atoms with van der Waals surface area (Å²) in [6.45, 7) is 7.15. The zero-order valence-electron chi connectivity index (χ0n) is 14.6. The lowest BCUT2D eigenvalue weighted by Crippen LogP contribution is -2.39. The van der Waals surface area contributed by atoms with Gasteiger partial charge < -0.3 is 19.6 Å². The van der Waals surface area contributed by atoms with Crippen LogP contribution in [0.25, 0.3) is 0 Å². The Morgan fingerprint density at radius 2 is 1.80 bits per heavy atom. The van der Waals surface area contributed by atoms with Gasteiger partial charge in [-0.15, -0.1) is 0 Å². The highest BCUT2D eigenvalue weighted by Crippen LogP contribution is 2.36. The molecule has 0 spiro atoms. The second kappa shape index (κ2) is 7.01. The van der Waals surface area contributed by atoms with Crippen LogP contribution in [0.2, 0.25) is 0 Å². The van der Waals surface area contributed by atoms with Crippen molar-refractivity contribution in [2.45, 2.75) is 39.0 Å². The van der Waals surface area contributed by atoms with Crippen molar-refractivity contribution in [2.75, 3.05) is 31.1 Å². The Morgan fingerprint density at radius 3 is 2.36 bits per heavy atom. The number of hydrogen-bond donors (Lipinski definition) is 1. The maximum atomic E-state index is 12.7. The van der Waals surface area contributed by atoms with Gasteiger partial charge in [-0.05, 0) is 45.4 Å². The SMILES string of the molecule is CC(C)(C)OC(=O)N1CCCN(c2ccc(C(F)(F)F)cc2O)CC1. The van der Waals surface area contributed by atoms with Crippen LogP contribution in [0.3, 0.4) is 0 Å². The third-order valence-electron chi connectivity index (χ3n) is 3.79. The van der Waals surface area contributed by atoms with Gasteiger partial charge in [0.2, 0.25) is 0 Å². The Bertz CT molecular complexity index is 627. The third-order valence-corrected chi connectivity index (χ3v) is 3.79. The monoisotopic (exact) mass is 360 g/mol. The van der Waals surface area contributed by atoms with E-state index in [0.717, 1.165) is 12.1 Å². The molecule has 1 aromatic rings. The Balaban J connectivity index is 2.07. The van der Waals surface area contributed by atoms with Gasteiger partial charge in [-0.1, -0.05) is 0 Å². The van der Waals surface area contributed by atoms with Crippen molar-refractivity contribution in [3.63, 3.8) is 0 Å². The number of phenols is 1. The summed E-state index contributed by atoms with van der Waals surface area (Å²) in [6, 6.07) is 2.94. The molecule has 1 N–H and O–H groups in total. The number of anilines is 1. The van der Waals surface area contributed by atoms with Gasteiger partial charge in [-0.2, -0.15) is 13.2 Å². The molecule has 1 saturated heterocycles. The molecule has 1 heterocycles. The van der Waals surface area contributed by atoms with Crippen molar-refractivity contribution in [2.24, 2.45) is 0 Å². The first-order valence-electron chi connectivity index (χ1n) is 8.10. The quantitative estimate of drug-likeness (QED) is 0.826. The highest BCUT2D eigenvalue weighted by Gasteiger charge is 2.32. The predicted octanol–water partition coefficient (Wildman–Crippen LogP) is 3.86. The van der Waals surface area contributed by atoms with Gasteiger partial charge in [0.1, 0.15) is 11.4 Å². The predicted molar refractivity (Wildman–Crippen MR) is 87.7 cm³/mol. The zero-order valence-corrected chi connectivity index (χ0v) is 14.6. The second-order valence-electron chi connectivity index (χ2n) is 7.01. The number of carbonyl (C=O) groups is 1. The molecule has 0 unspecified atom stereocenters. The Hall–Kier alpha value is -2.12. The van der Waals surface area contributed by atoms with Crippen LogP contribution in [-0.2, 0) is 10.9 Å². The van der Waals surface area contributed by atoms with E-state index in [1.807, 2.05) is 0 Å². The summed E-state index contributed by atoms with van der Waals surface area (Å²) in [5.74, 6) is -0.416.